The fourth-order valence-corrected chi connectivity index (χ4v) is 2.65. The van der Waals surface area contributed by atoms with E-state index in [0.717, 1.165) is 11.1 Å². The highest BCUT2D eigenvalue weighted by molar-refractivity contribution is 5.92. The zero-order valence-electron chi connectivity index (χ0n) is 16.8. The van der Waals surface area contributed by atoms with Crippen molar-refractivity contribution in [3.8, 4) is 5.75 Å². The molecule has 1 aromatic carbocycles. The van der Waals surface area contributed by atoms with Gasteiger partial charge in [0.2, 0.25) is 0 Å². The van der Waals surface area contributed by atoms with Gasteiger partial charge in [-0.15, -0.1) is 0 Å². The highest BCUT2D eigenvalue weighted by Crippen LogP contribution is 2.16. The minimum absolute atomic E-state index is 0.101. The van der Waals surface area contributed by atoms with Gasteiger partial charge < -0.3 is 14.2 Å². The van der Waals surface area contributed by atoms with Gasteiger partial charge in [-0.2, -0.15) is 0 Å². The van der Waals surface area contributed by atoms with Crippen molar-refractivity contribution < 1.29 is 23.8 Å². The summed E-state index contributed by atoms with van der Waals surface area (Å²) in [5.41, 5.74) is 2.73. The predicted octanol–water partition coefficient (Wildman–Crippen LogP) is 3.90. The maximum Gasteiger partial charge on any atom is 0.357 e. The first-order valence-corrected chi connectivity index (χ1v) is 9.49. The first kappa shape index (κ1) is 21.0. The van der Waals surface area contributed by atoms with Gasteiger partial charge in [-0.1, -0.05) is 12.1 Å². The summed E-state index contributed by atoms with van der Waals surface area (Å²) in [7, 11) is 0. The molecule has 2 aromatic heterocycles. The largest absolute Gasteiger partial charge is 0.489 e. The number of ether oxygens (including phenoxy) is 3. The third kappa shape index (κ3) is 5.64. The van der Waals surface area contributed by atoms with Crippen LogP contribution in [0.25, 0.3) is 0 Å². The molecule has 0 amide bonds. The lowest BCUT2D eigenvalue weighted by atomic mass is 10.2. The van der Waals surface area contributed by atoms with Gasteiger partial charge in [-0.05, 0) is 61.4 Å². The Morgan fingerprint density at radius 2 is 1.53 bits per heavy atom. The third-order valence-electron chi connectivity index (χ3n) is 4.24. The minimum Gasteiger partial charge on any atom is -0.489 e. The summed E-state index contributed by atoms with van der Waals surface area (Å²) < 4.78 is 16.0. The van der Waals surface area contributed by atoms with Crippen molar-refractivity contribution in [2.45, 2.75) is 27.1 Å². The number of carbonyl (C=O) groups is 2. The fraction of sp³-hybridized carbons (Fsp3) is 0.217. The Kier molecular flexibility index (Phi) is 7.10. The zero-order chi connectivity index (χ0) is 21.3. The van der Waals surface area contributed by atoms with Gasteiger partial charge in [0.25, 0.3) is 0 Å². The number of benzene rings is 1. The highest BCUT2D eigenvalue weighted by atomic mass is 16.5. The standard InChI is InChI=1S/C23H22N2O5/c1-3-28-22(26)20-8-9-21(25-16(20)2)23(27)30-15-17-4-6-19(7-5-17)29-14-18-10-12-24-13-11-18/h4-13H,3,14-15H2,1-2H3. The number of aromatic nitrogens is 2. The van der Waals surface area contributed by atoms with Crippen LogP contribution < -0.4 is 4.74 Å². The predicted molar refractivity (Wildman–Crippen MR) is 109 cm³/mol. The average molecular weight is 406 g/mol. The summed E-state index contributed by atoms with van der Waals surface area (Å²) in [5.74, 6) is -0.311. The number of hydrogen-bond donors (Lipinski definition) is 0. The van der Waals surface area contributed by atoms with E-state index in [1.807, 2.05) is 36.4 Å². The Morgan fingerprint density at radius 3 is 2.20 bits per heavy atom. The number of esters is 2. The molecule has 3 rings (SSSR count). The molecule has 0 saturated carbocycles. The highest BCUT2D eigenvalue weighted by Gasteiger charge is 2.15. The van der Waals surface area contributed by atoms with Crippen LogP contribution >= 0.6 is 0 Å². The molecule has 154 valence electrons. The molecule has 7 heteroatoms. The monoisotopic (exact) mass is 406 g/mol. The Bertz CT molecular complexity index is 1000. The van der Waals surface area contributed by atoms with E-state index in [1.54, 1.807) is 26.2 Å². The van der Waals surface area contributed by atoms with E-state index in [-0.39, 0.29) is 18.9 Å². The van der Waals surface area contributed by atoms with Crippen molar-refractivity contribution in [3.63, 3.8) is 0 Å². The molecule has 2 heterocycles. The summed E-state index contributed by atoms with van der Waals surface area (Å²) in [6.45, 7) is 4.20. The van der Waals surface area contributed by atoms with Gasteiger partial charge in [0.05, 0.1) is 17.9 Å². The molecule has 0 bridgehead atoms. The van der Waals surface area contributed by atoms with Crippen LogP contribution in [0, 0.1) is 6.92 Å². The molecular formula is C23H22N2O5. The Hall–Kier alpha value is -3.74. The van der Waals surface area contributed by atoms with Crippen molar-refractivity contribution in [3.05, 3.63) is 89.0 Å². The average Bonchev–Trinajstić information content (AvgIpc) is 2.77. The lowest BCUT2D eigenvalue weighted by Gasteiger charge is -2.09. The van der Waals surface area contributed by atoms with Crippen molar-refractivity contribution in [1.29, 1.82) is 0 Å². The number of aryl methyl sites for hydroxylation is 1. The van der Waals surface area contributed by atoms with Crippen LogP contribution in [-0.2, 0) is 22.7 Å². The quantitative estimate of drug-likeness (QED) is 0.524. The number of nitrogens with zero attached hydrogens (tertiary/aromatic N) is 2. The van der Waals surface area contributed by atoms with E-state index in [2.05, 4.69) is 9.97 Å². The SMILES string of the molecule is CCOC(=O)c1ccc(C(=O)OCc2ccc(OCc3ccncc3)cc2)nc1C. The van der Waals surface area contributed by atoms with Crippen LogP contribution in [0.4, 0.5) is 0 Å². The van der Waals surface area contributed by atoms with Crippen LogP contribution in [-0.4, -0.2) is 28.5 Å². The van der Waals surface area contributed by atoms with Crippen LogP contribution in [0.15, 0.2) is 60.9 Å². The molecule has 0 aliphatic carbocycles. The zero-order valence-corrected chi connectivity index (χ0v) is 16.8. The molecule has 30 heavy (non-hydrogen) atoms. The van der Waals surface area contributed by atoms with Crippen molar-refractivity contribution >= 4 is 11.9 Å². The molecule has 7 nitrogen and oxygen atoms in total. The second kappa shape index (κ2) is 10.2. The molecule has 0 aliphatic rings. The Balaban J connectivity index is 1.53. The van der Waals surface area contributed by atoms with Crippen LogP contribution in [0.1, 0.15) is 44.6 Å². The first-order chi connectivity index (χ1) is 14.6. The topological polar surface area (TPSA) is 87.6 Å². The first-order valence-electron chi connectivity index (χ1n) is 9.49. The molecule has 3 aromatic rings. The van der Waals surface area contributed by atoms with Crippen molar-refractivity contribution in [2.24, 2.45) is 0 Å². The van der Waals surface area contributed by atoms with Crippen LogP contribution in [0.2, 0.25) is 0 Å². The summed E-state index contributed by atoms with van der Waals surface area (Å²) in [6.07, 6.45) is 3.44. The van der Waals surface area contributed by atoms with Gasteiger partial charge in [0, 0.05) is 12.4 Å². The van der Waals surface area contributed by atoms with Gasteiger partial charge in [0.15, 0.2) is 0 Å². The van der Waals surface area contributed by atoms with Crippen LogP contribution in [0.3, 0.4) is 0 Å². The lowest BCUT2D eigenvalue weighted by Crippen LogP contribution is -2.12. The second-order valence-corrected chi connectivity index (χ2v) is 6.41. The molecule has 0 unspecified atom stereocenters. The van der Waals surface area contributed by atoms with Crippen molar-refractivity contribution in [2.75, 3.05) is 6.61 Å². The molecule has 0 spiro atoms. The summed E-state index contributed by atoms with van der Waals surface area (Å²) in [4.78, 5) is 32.2. The van der Waals surface area contributed by atoms with Gasteiger partial charge in [-0.25, -0.2) is 14.6 Å². The van der Waals surface area contributed by atoms with E-state index in [4.69, 9.17) is 14.2 Å². The Morgan fingerprint density at radius 1 is 0.833 bits per heavy atom. The number of hydrogen-bond acceptors (Lipinski definition) is 7. The molecule has 0 saturated heterocycles. The van der Waals surface area contributed by atoms with E-state index in [1.165, 1.54) is 12.1 Å². The summed E-state index contributed by atoms with van der Waals surface area (Å²) in [5, 5.41) is 0. The van der Waals surface area contributed by atoms with Gasteiger partial charge >= 0.3 is 11.9 Å². The summed E-state index contributed by atoms with van der Waals surface area (Å²) >= 11 is 0. The minimum atomic E-state index is -0.563. The number of carbonyl (C=O) groups excluding carboxylic acids is 2. The maximum atomic E-state index is 12.3. The summed E-state index contributed by atoms with van der Waals surface area (Å²) in [6, 6.07) is 14.1. The second-order valence-electron chi connectivity index (χ2n) is 6.41. The van der Waals surface area contributed by atoms with E-state index < -0.39 is 11.9 Å². The molecule has 0 N–H and O–H groups in total. The van der Waals surface area contributed by atoms with Crippen LogP contribution in [0.5, 0.6) is 5.75 Å². The van der Waals surface area contributed by atoms with Gasteiger partial charge in [0.1, 0.15) is 24.7 Å². The van der Waals surface area contributed by atoms with E-state index >= 15 is 0 Å². The van der Waals surface area contributed by atoms with E-state index in [9.17, 15) is 9.59 Å². The number of rotatable bonds is 8. The lowest BCUT2D eigenvalue weighted by molar-refractivity contribution is 0.0461. The third-order valence-corrected chi connectivity index (χ3v) is 4.24. The normalized spacial score (nSPS) is 10.3. The smallest absolute Gasteiger partial charge is 0.357 e. The van der Waals surface area contributed by atoms with E-state index in [0.29, 0.717) is 23.6 Å². The van der Waals surface area contributed by atoms with Crippen molar-refractivity contribution in [1.82, 2.24) is 9.97 Å². The Labute approximate surface area is 174 Å². The molecule has 0 fully saturated rings. The van der Waals surface area contributed by atoms with Gasteiger partial charge in [-0.3, -0.25) is 4.98 Å². The molecular weight excluding hydrogens is 384 g/mol. The fourth-order valence-electron chi connectivity index (χ4n) is 2.65. The molecule has 0 atom stereocenters. The molecule has 0 radical (unpaired) electrons. The number of pyridine rings is 2. The maximum absolute atomic E-state index is 12.3. The molecule has 0 aliphatic heterocycles.